The zero-order valence-electron chi connectivity index (χ0n) is 15.8. The van der Waals surface area contributed by atoms with Gasteiger partial charge in [-0.25, -0.2) is 0 Å². The molecule has 1 spiro atoms. The number of aryl methyl sites for hydroxylation is 1. The summed E-state index contributed by atoms with van der Waals surface area (Å²) in [6, 6.07) is 0. The normalized spacial score (nSPS) is 21.9. The van der Waals surface area contributed by atoms with Crippen LogP contribution in [0.3, 0.4) is 0 Å². The molecule has 0 atom stereocenters. The third-order valence-electron chi connectivity index (χ3n) is 6.49. The molecule has 1 saturated carbocycles. The molecule has 0 unspecified atom stereocenters. The molecule has 2 amide bonds. The molecule has 4 rings (SSSR count). The average molecular weight is 359 g/mol. The van der Waals surface area contributed by atoms with Crippen LogP contribution >= 0.6 is 0 Å². The molecule has 2 aliphatic carbocycles. The molecule has 1 aromatic heterocycles. The number of nitrogens with zero attached hydrogens (tertiary/aromatic N) is 3. The van der Waals surface area contributed by atoms with Crippen LogP contribution in [0.2, 0.25) is 0 Å². The minimum absolute atomic E-state index is 0.0150. The van der Waals surface area contributed by atoms with Crippen molar-refractivity contribution in [3.05, 3.63) is 17.0 Å². The minimum Gasteiger partial charge on any atom is -0.361 e. The van der Waals surface area contributed by atoms with Gasteiger partial charge < -0.3 is 14.3 Å². The number of hydrogen-bond donors (Lipinski definition) is 0. The first kappa shape index (κ1) is 17.6. The molecule has 2 heterocycles. The van der Waals surface area contributed by atoms with E-state index in [0.717, 1.165) is 56.5 Å². The fraction of sp³-hybridized carbons (Fsp3) is 0.750. The summed E-state index contributed by atoms with van der Waals surface area (Å²) >= 11 is 0. The maximum atomic E-state index is 12.7. The van der Waals surface area contributed by atoms with Crippen molar-refractivity contribution in [1.82, 2.24) is 15.0 Å². The van der Waals surface area contributed by atoms with Gasteiger partial charge in [0, 0.05) is 32.0 Å². The van der Waals surface area contributed by atoms with Crippen LogP contribution in [0.4, 0.5) is 0 Å². The summed E-state index contributed by atoms with van der Waals surface area (Å²) in [6.07, 6.45) is 10.8. The second-order valence-electron chi connectivity index (χ2n) is 8.48. The highest BCUT2D eigenvalue weighted by molar-refractivity contribution is 5.86. The largest absolute Gasteiger partial charge is 0.361 e. The van der Waals surface area contributed by atoms with Crippen LogP contribution in [0.15, 0.2) is 4.52 Å². The number of fused-ring (bicyclic) bond motifs is 1. The summed E-state index contributed by atoms with van der Waals surface area (Å²) in [4.78, 5) is 28.6. The SMILES string of the molecule is CN(Cc1noc2c1CCCC2)C(=O)CN1CC2(CCCCC2)CC1=O. The standard InChI is InChI=1S/C20H29N3O3/c1-22(12-16-15-7-3-4-8-17(15)26-21-16)19(25)13-23-14-20(11-18(23)24)9-5-2-6-10-20/h2-14H2,1H3. The van der Waals surface area contributed by atoms with Crippen LogP contribution in [0.25, 0.3) is 0 Å². The van der Waals surface area contributed by atoms with Gasteiger partial charge in [-0.15, -0.1) is 0 Å². The smallest absolute Gasteiger partial charge is 0.242 e. The van der Waals surface area contributed by atoms with Crippen LogP contribution in [-0.2, 0) is 29.0 Å². The molecule has 2 fully saturated rings. The van der Waals surface area contributed by atoms with Crippen molar-refractivity contribution in [1.29, 1.82) is 0 Å². The van der Waals surface area contributed by atoms with E-state index in [1.807, 2.05) is 0 Å². The van der Waals surface area contributed by atoms with E-state index in [1.165, 1.54) is 24.8 Å². The maximum absolute atomic E-state index is 12.7. The van der Waals surface area contributed by atoms with Gasteiger partial charge in [0.2, 0.25) is 11.8 Å². The summed E-state index contributed by atoms with van der Waals surface area (Å²) in [5.41, 5.74) is 2.21. The van der Waals surface area contributed by atoms with Crippen LogP contribution in [0, 0.1) is 5.41 Å². The van der Waals surface area contributed by atoms with Crippen molar-refractivity contribution in [2.24, 2.45) is 5.41 Å². The first-order valence-corrected chi connectivity index (χ1v) is 10.0. The van der Waals surface area contributed by atoms with Crippen molar-refractivity contribution in [2.45, 2.75) is 70.8 Å². The highest BCUT2D eigenvalue weighted by Gasteiger charge is 2.44. The lowest BCUT2D eigenvalue weighted by atomic mass is 9.73. The number of likely N-dealkylation sites (tertiary alicyclic amines) is 1. The Balaban J connectivity index is 1.36. The Hall–Kier alpha value is -1.85. The third kappa shape index (κ3) is 3.38. The Bertz CT molecular complexity index is 690. The molecule has 6 nitrogen and oxygen atoms in total. The first-order valence-electron chi connectivity index (χ1n) is 10.0. The topological polar surface area (TPSA) is 66.7 Å². The summed E-state index contributed by atoms with van der Waals surface area (Å²) in [5, 5.41) is 4.19. The zero-order chi connectivity index (χ0) is 18.1. The van der Waals surface area contributed by atoms with Gasteiger partial charge in [-0.2, -0.15) is 0 Å². The first-order chi connectivity index (χ1) is 12.6. The molecule has 0 aromatic carbocycles. The molecule has 1 aliphatic heterocycles. The number of aromatic nitrogens is 1. The fourth-order valence-electron chi connectivity index (χ4n) is 4.93. The molecule has 142 valence electrons. The summed E-state index contributed by atoms with van der Waals surface area (Å²) < 4.78 is 5.44. The Morgan fingerprint density at radius 1 is 1.19 bits per heavy atom. The maximum Gasteiger partial charge on any atom is 0.242 e. The number of likely N-dealkylation sites (N-methyl/N-ethyl adjacent to an activating group) is 1. The number of rotatable bonds is 4. The number of amides is 2. The van der Waals surface area contributed by atoms with Gasteiger partial charge in [0.05, 0.1) is 13.1 Å². The van der Waals surface area contributed by atoms with Gasteiger partial charge in [0.1, 0.15) is 11.5 Å². The van der Waals surface area contributed by atoms with Crippen LogP contribution in [0.5, 0.6) is 0 Å². The summed E-state index contributed by atoms with van der Waals surface area (Å²) in [7, 11) is 1.79. The van der Waals surface area contributed by atoms with Crippen molar-refractivity contribution >= 4 is 11.8 Å². The zero-order valence-corrected chi connectivity index (χ0v) is 15.8. The quantitative estimate of drug-likeness (QED) is 0.829. The monoisotopic (exact) mass is 359 g/mol. The van der Waals surface area contributed by atoms with E-state index in [0.29, 0.717) is 13.0 Å². The van der Waals surface area contributed by atoms with Crippen molar-refractivity contribution in [3.8, 4) is 0 Å². The fourth-order valence-corrected chi connectivity index (χ4v) is 4.93. The van der Waals surface area contributed by atoms with E-state index in [1.54, 1.807) is 16.8 Å². The molecule has 1 saturated heterocycles. The van der Waals surface area contributed by atoms with E-state index in [9.17, 15) is 9.59 Å². The van der Waals surface area contributed by atoms with E-state index in [2.05, 4.69) is 5.16 Å². The minimum atomic E-state index is -0.0150. The molecular weight excluding hydrogens is 330 g/mol. The van der Waals surface area contributed by atoms with Gasteiger partial charge in [0.15, 0.2) is 0 Å². The van der Waals surface area contributed by atoms with E-state index >= 15 is 0 Å². The van der Waals surface area contributed by atoms with Gasteiger partial charge in [-0.3, -0.25) is 9.59 Å². The average Bonchev–Trinajstić information content (AvgIpc) is 3.17. The molecule has 26 heavy (non-hydrogen) atoms. The molecule has 3 aliphatic rings. The van der Waals surface area contributed by atoms with Crippen LogP contribution in [-0.4, -0.2) is 46.9 Å². The Kier molecular flexibility index (Phi) is 4.76. The van der Waals surface area contributed by atoms with E-state index < -0.39 is 0 Å². The Labute approximate surface area is 154 Å². The predicted octanol–water partition coefficient (Wildman–Crippen LogP) is 2.69. The molecule has 0 radical (unpaired) electrons. The van der Waals surface area contributed by atoms with Gasteiger partial charge >= 0.3 is 0 Å². The Morgan fingerprint density at radius 2 is 1.96 bits per heavy atom. The second-order valence-corrected chi connectivity index (χ2v) is 8.48. The highest BCUT2D eigenvalue weighted by Crippen LogP contribution is 2.44. The van der Waals surface area contributed by atoms with Crippen molar-refractivity contribution in [2.75, 3.05) is 20.1 Å². The third-order valence-corrected chi connectivity index (χ3v) is 6.49. The lowest BCUT2D eigenvalue weighted by Gasteiger charge is -2.32. The van der Waals surface area contributed by atoms with E-state index in [4.69, 9.17) is 4.52 Å². The second kappa shape index (κ2) is 7.05. The van der Waals surface area contributed by atoms with E-state index in [-0.39, 0.29) is 23.8 Å². The molecular formula is C20H29N3O3. The number of hydrogen-bond acceptors (Lipinski definition) is 4. The lowest BCUT2D eigenvalue weighted by molar-refractivity contribution is -0.137. The Morgan fingerprint density at radius 3 is 2.77 bits per heavy atom. The summed E-state index contributed by atoms with van der Waals surface area (Å²) in [5.74, 6) is 1.12. The predicted molar refractivity (Wildman–Crippen MR) is 96.3 cm³/mol. The highest BCUT2D eigenvalue weighted by atomic mass is 16.5. The molecule has 1 aromatic rings. The van der Waals surface area contributed by atoms with Crippen LogP contribution < -0.4 is 0 Å². The van der Waals surface area contributed by atoms with Crippen molar-refractivity contribution < 1.29 is 14.1 Å². The molecule has 0 bridgehead atoms. The van der Waals surface area contributed by atoms with Gasteiger partial charge in [-0.1, -0.05) is 24.4 Å². The van der Waals surface area contributed by atoms with Gasteiger partial charge in [-0.05, 0) is 37.5 Å². The van der Waals surface area contributed by atoms with Gasteiger partial charge in [0.25, 0.3) is 0 Å². The molecule has 6 heteroatoms. The molecule has 0 N–H and O–H groups in total. The number of carbonyl (C=O) groups excluding carboxylic acids is 2. The van der Waals surface area contributed by atoms with Crippen LogP contribution in [0.1, 0.15) is 68.4 Å². The lowest BCUT2D eigenvalue weighted by Crippen LogP contribution is -2.40. The van der Waals surface area contributed by atoms with Crippen molar-refractivity contribution in [3.63, 3.8) is 0 Å². The number of carbonyl (C=O) groups is 2. The summed E-state index contributed by atoms with van der Waals surface area (Å²) in [6.45, 7) is 1.41.